The highest BCUT2D eigenvalue weighted by Gasteiger charge is 2.16. The van der Waals surface area contributed by atoms with Crippen LogP contribution in [0.1, 0.15) is 25.3 Å². The fraction of sp³-hybridized carbons (Fsp3) is 0.533. The molecular formula is C15H22F2N2O3. The Labute approximate surface area is 129 Å². The fourth-order valence-electron chi connectivity index (χ4n) is 1.90. The van der Waals surface area contributed by atoms with Crippen molar-refractivity contribution in [1.29, 1.82) is 0 Å². The zero-order chi connectivity index (χ0) is 16.4. The molecule has 2 N–H and O–H groups in total. The van der Waals surface area contributed by atoms with E-state index in [1.165, 1.54) is 0 Å². The van der Waals surface area contributed by atoms with E-state index in [-0.39, 0.29) is 24.0 Å². The van der Waals surface area contributed by atoms with E-state index in [1.54, 1.807) is 25.1 Å². The summed E-state index contributed by atoms with van der Waals surface area (Å²) in [6.45, 7) is -0.0115. The van der Waals surface area contributed by atoms with Crippen LogP contribution in [0.3, 0.4) is 0 Å². The number of para-hydroxylation sites is 1. The van der Waals surface area contributed by atoms with Gasteiger partial charge in [0.1, 0.15) is 0 Å². The smallest absolute Gasteiger partial charge is 0.387 e. The summed E-state index contributed by atoms with van der Waals surface area (Å²) in [5, 5.41) is 5.64. The SMILES string of the molecule is CCOc1cccc(CNC(=O)CCCNC)c1OC(F)F. The Bertz CT molecular complexity index is 470. The van der Waals surface area contributed by atoms with Crippen LogP contribution >= 0.6 is 0 Å². The summed E-state index contributed by atoms with van der Waals surface area (Å²) in [5.41, 5.74) is 0.452. The van der Waals surface area contributed by atoms with Gasteiger partial charge in [-0.1, -0.05) is 12.1 Å². The number of amides is 1. The van der Waals surface area contributed by atoms with E-state index in [0.717, 1.165) is 6.54 Å². The number of alkyl halides is 2. The summed E-state index contributed by atoms with van der Waals surface area (Å²) in [6, 6.07) is 4.85. The second kappa shape index (κ2) is 9.94. The summed E-state index contributed by atoms with van der Waals surface area (Å²) in [6.07, 6.45) is 1.08. The molecule has 0 saturated carbocycles. The second-order valence-electron chi connectivity index (χ2n) is 4.54. The van der Waals surface area contributed by atoms with E-state index < -0.39 is 6.61 Å². The standard InChI is InChI=1S/C15H22F2N2O3/c1-3-21-12-7-4-6-11(14(12)22-15(16)17)10-19-13(20)8-5-9-18-2/h4,6-7,15,18H,3,5,8-10H2,1-2H3,(H,19,20). The molecular weight excluding hydrogens is 294 g/mol. The number of hydrogen-bond donors (Lipinski definition) is 2. The van der Waals surface area contributed by atoms with Gasteiger partial charge in [0.05, 0.1) is 6.61 Å². The molecule has 0 aliphatic heterocycles. The quantitative estimate of drug-likeness (QED) is 0.650. The lowest BCUT2D eigenvalue weighted by Gasteiger charge is -2.15. The molecule has 1 aromatic rings. The predicted octanol–water partition coefficient (Wildman–Crippen LogP) is 2.30. The van der Waals surface area contributed by atoms with Crippen LogP contribution in [-0.2, 0) is 11.3 Å². The van der Waals surface area contributed by atoms with Crippen LogP contribution < -0.4 is 20.1 Å². The molecule has 7 heteroatoms. The Balaban J connectivity index is 2.71. The monoisotopic (exact) mass is 316 g/mol. The molecule has 5 nitrogen and oxygen atoms in total. The molecule has 1 amide bonds. The van der Waals surface area contributed by atoms with Crippen molar-refractivity contribution >= 4 is 5.91 Å². The molecule has 0 bridgehead atoms. The molecule has 1 aromatic carbocycles. The van der Waals surface area contributed by atoms with E-state index in [1.807, 2.05) is 7.05 Å². The van der Waals surface area contributed by atoms with E-state index in [0.29, 0.717) is 25.0 Å². The molecule has 124 valence electrons. The third-order valence-electron chi connectivity index (χ3n) is 2.87. The Kier molecular flexibility index (Phi) is 8.21. The van der Waals surface area contributed by atoms with Gasteiger partial charge in [0, 0.05) is 18.5 Å². The van der Waals surface area contributed by atoms with Gasteiger partial charge in [0.2, 0.25) is 5.91 Å². The molecule has 0 atom stereocenters. The average Bonchev–Trinajstić information content (AvgIpc) is 2.47. The van der Waals surface area contributed by atoms with Gasteiger partial charge in [-0.2, -0.15) is 8.78 Å². The zero-order valence-corrected chi connectivity index (χ0v) is 12.8. The van der Waals surface area contributed by atoms with Crippen molar-refractivity contribution in [2.75, 3.05) is 20.2 Å². The highest BCUT2D eigenvalue weighted by atomic mass is 19.3. The van der Waals surface area contributed by atoms with Gasteiger partial charge in [0.15, 0.2) is 11.5 Å². The lowest BCUT2D eigenvalue weighted by atomic mass is 10.1. The van der Waals surface area contributed by atoms with Crippen molar-refractivity contribution < 1.29 is 23.0 Å². The second-order valence-corrected chi connectivity index (χ2v) is 4.54. The third kappa shape index (κ3) is 6.26. The summed E-state index contributed by atoms with van der Waals surface area (Å²) >= 11 is 0. The first kappa shape index (κ1) is 18.2. The first-order valence-corrected chi connectivity index (χ1v) is 7.19. The molecule has 1 rings (SSSR count). The van der Waals surface area contributed by atoms with Crippen molar-refractivity contribution in [2.45, 2.75) is 32.9 Å². The lowest BCUT2D eigenvalue weighted by molar-refractivity contribution is -0.121. The van der Waals surface area contributed by atoms with Crippen LogP contribution in [0, 0.1) is 0 Å². The van der Waals surface area contributed by atoms with Gasteiger partial charge in [-0.3, -0.25) is 4.79 Å². The summed E-state index contributed by atoms with van der Waals surface area (Å²) in [5.74, 6) is 0.0691. The maximum absolute atomic E-state index is 12.6. The van der Waals surface area contributed by atoms with Gasteiger partial charge < -0.3 is 20.1 Å². The number of nitrogens with one attached hydrogen (secondary N) is 2. The van der Waals surface area contributed by atoms with Crippen molar-refractivity contribution in [3.63, 3.8) is 0 Å². The minimum Gasteiger partial charge on any atom is -0.490 e. The molecule has 0 heterocycles. The Morgan fingerprint density at radius 2 is 2.14 bits per heavy atom. The summed E-state index contributed by atoms with van der Waals surface area (Å²) < 4.78 is 34.9. The Morgan fingerprint density at radius 1 is 1.36 bits per heavy atom. The maximum Gasteiger partial charge on any atom is 0.387 e. The van der Waals surface area contributed by atoms with Crippen LogP contribution in [0.5, 0.6) is 11.5 Å². The van der Waals surface area contributed by atoms with Crippen LogP contribution in [0.4, 0.5) is 8.78 Å². The van der Waals surface area contributed by atoms with E-state index in [4.69, 9.17) is 4.74 Å². The molecule has 0 spiro atoms. The van der Waals surface area contributed by atoms with Crippen molar-refractivity contribution in [2.24, 2.45) is 0 Å². The number of hydrogen-bond acceptors (Lipinski definition) is 4. The van der Waals surface area contributed by atoms with E-state index in [2.05, 4.69) is 15.4 Å². The van der Waals surface area contributed by atoms with Crippen molar-refractivity contribution in [3.8, 4) is 11.5 Å². The first-order valence-electron chi connectivity index (χ1n) is 7.19. The average molecular weight is 316 g/mol. The highest BCUT2D eigenvalue weighted by molar-refractivity contribution is 5.76. The highest BCUT2D eigenvalue weighted by Crippen LogP contribution is 2.32. The molecule has 0 radical (unpaired) electrons. The van der Waals surface area contributed by atoms with Crippen LogP contribution in [0.25, 0.3) is 0 Å². The summed E-state index contributed by atoms with van der Waals surface area (Å²) in [7, 11) is 1.81. The van der Waals surface area contributed by atoms with Gasteiger partial charge >= 0.3 is 6.61 Å². The molecule has 0 aliphatic rings. The van der Waals surface area contributed by atoms with Crippen molar-refractivity contribution in [1.82, 2.24) is 10.6 Å². The molecule has 0 aromatic heterocycles. The van der Waals surface area contributed by atoms with Crippen LogP contribution in [0.2, 0.25) is 0 Å². The normalized spacial score (nSPS) is 10.6. The minimum absolute atomic E-state index is 0.0325. The maximum atomic E-state index is 12.6. The predicted molar refractivity (Wildman–Crippen MR) is 79.3 cm³/mol. The van der Waals surface area contributed by atoms with E-state index in [9.17, 15) is 13.6 Å². The van der Waals surface area contributed by atoms with Crippen LogP contribution in [-0.4, -0.2) is 32.7 Å². The van der Waals surface area contributed by atoms with Crippen LogP contribution in [0.15, 0.2) is 18.2 Å². The number of rotatable bonds is 10. The zero-order valence-electron chi connectivity index (χ0n) is 12.8. The summed E-state index contributed by atoms with van der Waals surface area (Å²) in [4.78, 5) is 11.7. The largest absolute Gasteiger partial charge is 0.490 e. The van der Waals surface area contributed by atoms with Crippen molar-refractivity contribution in [3.05, 3.63) is 23.8 Å². The van der Waals surface area contributed by atoms with Gasteiger partial charge in [-0.05, 0) is 33.0 Å². The van der Waals surface area contributed by atoms with Gasteiger partial charge in [0.25, 0.3) is 0 Å². The molecule has 0 saturated heterocycles. The Morgan fingerprint density at radius 3 is 2.77 bits per heavy atom. The molecule has 22 heavy (non-hydrogen) atoms. The minimum atomic E-state index is -2.95. The number of halogens is 2. The number of ether oxygens (including phenoxy) is 2. The topological polar surface area (TPSA) is 59.6 Å². The first-order chi connectivity index (χ1) is 10.6. The van der Waals surface area contributed by atoms with Gasteiger partial charge in [-0.25, -0.2) is 0 Å². The fourth-order valence-corrected chi connectivity index (χ4v) is 1.90. The number of carbonyl (C=O) groups is 1. The number of carbonyl (C=O) groups excluding carboxylic acids is 1. The number of benzene rings is 1. The molecule has 0 aliphatic carbocycles. The molecule has 0 fully saturated rings. The molecule has 0 unspecified atom stereocenters. The third-order valence-corrected chi connectivity index (χ3v) is 2.87. The van der Waals surface area contributed by atoms with E-state index >= 15 is 0 Å². The lowest BCUT2D eigenvalue weighted by Crippen LogP contribution is -2.24. The Hall–Kier alpha value is -1.89. The van der Waals surface area contributed by atoms with Gasteiger partial charge in [-0.15, -0.1) is 0 Å².